The fourth-order valence-electron chi connectivity index (χ4n) is 12.4. The first-order valence-electron chi connectivity index (χ1n) is 30.3. The van der Waals surface area contributed by atoms with Gasteiger partial charge in [0, 0.05) is 38.5 Å². The van der Waals surface area contributed by atoms with Crippen LogP contribution >= 0.6 is 0 Å². The number of hydrogen-bond donors (Lipinski definition) is 0. The molecule has 0 aliphatic carbocycles. The van der Waals surface area contributed by atoms with Crippen LogP contribution in [0.5, 0.6) is 11.5 Å². The number of benzene rings is 11. The van der Waals surface area contributed by atoms with Gasteiger partial charge in [-0.3, -0.25) is 4.85 Å². The van der Waals surface area contributed by atoms with E-state index in [0.29, 0.717) is 22.9 Å². The smallest absolute Gasteiger partial charge is 0.242 e. The van der Waals surface area contributed by atoms with Crippen LogP contribution in [0, 0.1) is 25.0 Å². The summed E-state index contributed by atoms with van der Waals surface area (Å²) in [5.41, 5.74) is 21.9. The summed E-state index contributed by atoms with van der Waals surface area (Å²) in [6.45, 7) is 15.6. The Balaban J connectivity index is 0.00000729. The van der Waals surface area contributed by atoms with Crippen molar-refractivity contribution in [3.8, 4) is 89.8 Å². The van der Waals surface area contributed by atoms with Crippen LogP contribution in [0.3, 0.4) is 0 Å². The van der Waals surface area contributed by atoms with Gasteiger partial charge in [0.2, 0.25) is 6.33 Å². The Morgan fingerprint density at radius 2 is 1.02 bits per heavy atom. The molecule has 0 aliphatic heterocycles. The third-order valence-electron chi connectivity index (χ3n) is 16.8. The van der Waals surface area contributed by atoms with Crippen LogP contribution in [-0.4, -0.2) is 14.1 Å². The van der Waals surface area contributed by atoms with Gasteiger partial charge in [-0.1, -0.05) is 214 Å². The number of unbranched alkanes of at least 4 members (excludes halogenated alkanes) is 2. The summed E-state index contributed by atoms with van der Waals surface area (Å²) in [6, 6.07) is 99.9. The molecular weight excluding hydrogens is 1270 g/mol. The molecule has 0 saturated carbocycles. The minimum absolute atomic E-state index is 0. The Labute approximate surface area is 535 Å². The predicted octanol–water partition coefficient (Wildman–Crippen LogP) is 20.9. The number of fused-ring (bicyclic) bond motifs is 4. The average Bonchev–Trinajstić information content (AvgIpc) is 1.76. The third kappa shape index (κ3) is 12.0. The van der Waals surface area contributed by atoms with Gasteiger partial charge in [-0.25, -0.2) is 4.98 Å². The molecule has 0 bridgehead atoms. The second-order valence-electron chi connectivity index (χ2n) is 23.7. The van der Waals surface area contributed by atoms with E-state index in [9.17, 15) is 0 Å². The zero-order chi connectivity index (χ0) is 59.6. The van der Waals surface area contributed by atoms with Crippen LogP contribution in [0.4, 0.5) is 5.69 Å². The van der Waals surface area contributed by atoms with Crippen LogP contribution in [0.15, 0.2) is 267 Å². The van der Waals surface area contributed by atoms with Crippen molar-refractivity contribution in [2.24, 2.45) is 0 Å². The van der Waals surface area contributed by atoms with Crippen molar-refractivity contribution in [3.05, 3.63) is 308 Å². The van der Waals surface area contributed by atoms with E-state index in [0.717, 1.165) is 70.9 Å². The molecule has 11 aromatic carbocycles. The van der Waals surface area contributed by atoms with E-state index in [4.69, 9.17) is 16.3 Å². The summed E-state index contributed by atoms with van der Waals surface area (Å²) < 4.78 is 13.1. The third-order valence-corrected chi connectivity index (χ3v) is 16.8. The molecule has 0 radical (unpaired) electrons. The molecular formula is C82H63N5OPt-2. The van der Waals surface area contributed by atoms with E-state index >= 15 is 0 Å². The maximum absolute atomic E-state index is 8.21. The maximum atomic E-state index is 8.21. The van der Waals surface area contributed by atoms with Gasteiger partial charge in [-0.2, -0.15) is 12.1 Å². The second-order valence-corrected chi connectivity index (χ2v) is 23.7. The van der Waals surface area contributed by atoms with E-state index in [1.54, 1.807) is 6.07 Å². The summed E-state index contributed by atoms with van der Waals surface area (Å²) >= 11 is 0. The number of aryl methyl sites for hydroxylation is 1. The Bertz CT molecular complexity index is 4640. The molecule has 3 heterocycles. The topological polar surface area (TPSA) is 40.2 Å². The normalized spacial score (nSPS) is 11.4. The van der Waals surface area contributed by atoms with Gasteiger partial charge >= 0.3 is 0 Å². The van der Waals surface area contributed by atoms with Crippen LogP contribution in [0.1, 0.15) is 51.2 Å². The zero-order valence-electron chi connectivity index (χ0n) is 49.9. The Morgan fingerprint density at radius 3 is 1.60 bits per heavy atom. The Morgan fingerprint density at radius 1 is 0.483 bits per heavy atom. The number of nitrogens with zero attached hydrogens (tertiary/aromatic N) is 5. The number of para-hydroxylation sites is 3. The molecule has 0 amide bonds. The molecule has 7 heteroatoms. The summed E-state index contributed by atoms with van der Waals surface area (Å²) in [6.07, 6.45) is 9.35. The number of ether oxygens (including phenoxy) is 1. The van der Waals surface area contributed by atoms with E-state index in [1.807, 2.05) is 29.0 Å². The molecule has 6 nitrogen and oxygen atoms in total. The van der Waals surface area contributed by atoms with Gasteiger partial charge in [-0.05, 0) is 175 Å². The van der Waals surface area contributed by atoms with E-state index < -0.39 is 0 Å². The molecule has 0 saturated heterocycles. The number of hydrogen-bond acceptors (Lipinski definition) is 2. The van der Waals surface area contributed by atoms with Crippen molar-refractivity contribution < 1.29 is 30.4 Å². The van der Waals surface area contributed by atoms with Crippen LogP contribution in [-0.2, 0) is 39.4 Å². The molecule has 14 aromatic rings. The summed E-state index contributed by atoms with van der Waals surface area (Å²) in [4.78, 5) is 8.79. The zero-order valence-corrected chi connectivity index (χ0v) is 52.2. The van der Waals surface area contributed by atoms with Gasteiger partial charge in [-0.15, -0.1) is 29.7 Å². The van der Waals surface area contributed by atoms with Crippen molar-refractivity contribution in [2.75, 3.05) is 0 Å². The summed E-state index contributed by atoms with van der Waals surface area (Å²) in [7, 11) is 0. The fraction of sp³-hybridized carbons (Fsp3) is 0.110. The van der Waals surface area contributed by atoms with Crippen LogP contribution in [0.25, 0.3) is 116 Å². The second kappa shape index (κ2) is 25.3. The molecule has 0 fully saturated rings. The van der Waals surface area contributed by atoms with Crippen molar-refractivity contribution >= 4 is 38.5 Å². The maximum Gasteiger partial charge on any atom is 0.242 e. The summed E-state index contributed by atoms with van der Waals surface area (Å²) in [5, 5.41) is 2.15. The monoisotopic (exact) mass is 1330 g/mol. The molecule has 0 atom stereocenters. The molecule has 434 valence electrons. The van der Waals surface area contributed by atoms with Gasteiger partial charge in [0.25, 0.3) is 0 Å². The molecule has 0 N–H and O–H groups in total. The minimum atomic E-state index is -0.0598. The molecule has 89 heavy (non-hydrogen) atoms. The first kappa shape index (κ1) is 57.9. The molecule has 14 rings (SSSR count). The standard InChI is InChI=1S/C82H63N5O.Pt/c1-82(2,3)67-42-43-84-81(51-67)87-77-37-20-19-34-75(77)76-41-40-70(55-80(76)87)88-71-53-68(83-4)52-69(54-71)86-56-85(78-38-21-22-39-79(78)86)44-23-9-18-33-74-72(65-47-61(57-25-10-5-11-26-57)45-62(48-65)58-27-12-6-13-28-58)35-24-36-73(74)66-49-63(59-29-14-7-15-30-59)46-64(50-66)60-31-16-8-17-32-60;/h5-8,10-17,19-22,24-32,34-43,45-53H,9,18,23,33,44H2,1-3H3;/q-2;. The van der Waals surface area contributed by atoms with E-state index in [2.05, 4.69) is 290 Å². The molecule has 3 aromatic heterocycles. The van der Waals surface area contributed by atoms with Gasteiger partial charge < -0.3 is 18.4 Å². The van der Waals surface area contributed by atoms with Crippen molar-refractivity contribution in [2.45, 2.75) is 58.4 Å². The van der Waals surface area contributed by atoms with E-state index in [1.165, 1.54) is 77.9 Å². The molecule has 0 aliphatic rings. The summed E-state index contributed by atoms with van der Waals surface area (Å²) in [5.74, 6) is 1.74. The predicted molar refractivity (Wildman–Crippen MR) is 360 cm³/mol. The van der Waals surface area contributed by atoms with Gasteiger partial charge in [0.1, 0.15) is 5.82 Å². The van der Waals surface area contributed by atoms with Crippen LogP contribution < -0.4 is 9.30 Å². The SMILES string of the molecule is [C-]#[N+]c1cc(Oc2[c-]c3c(cc2)c2ccccc2n3-c2cc(C(C)(C)C)ccn2)[c-]c(-n2[c-][n+](CCCCCc3c(-c4cc(-c5ccccc5)cc(-c5ccccc5)c4)cccc3-c3cc(-c4ccccc4)cc(-c4ccccc4)c3)c3ccccc32)c1.[Pt]. The number of pyridine rings is 1. The van der Waals surface area contributed by atoms with Crippen LogP contribution in [0.2, 0.25) is 0 Å². The van der Waals surface area contributed by atoms with Crippen molar-refractivity contribution in [1.82, 2.24) is 14.1 Å². The minimum Gasteiger partial charge on any atom is -0.511 e. The average molecular weight is 1330 g/mol. The van der Waals surface area contributed by atoms with Crippen molar-refractivity contribution in [1.29, 1.82) is 0 Å². The number of imidazole rings is 1. The van der Waals surface area contributed by atoms with Gasteiger partial charge in [0.05, 0.1) is 29.8 Å². The number of aromatic nitrogens is 4. The first-order valence-corrected chi connectivity index (χ1v) is 30.3. The molecule has 0 unspecified atom stereocenters. The fourth-order valence-corrected chi connectivity index (χ4v) is 12.4. The Hall–Kier alpha value is -10.2. The van der Waals surface area contributed by atoms with Crippen molar-refractivity contribution in [3.63, 3.8) is 0 Å². The number of rotatable bonds is 16. The van der Waals surface area contributed by atoms with Gasteiger partial charge in [0.15, 0.2) is 0 Å². The largest absolute Gasteiger partial charge is 0.511 e. The molecule has 0 spiro atoms. The quantitative estimate of drug-likeness (QED) is 0.0549. The Kier molecular flexibility index (Phi) is 16.4. The first-order chi connectivity index (χ1) is 43.2. The van der Waals surface area contributed by atoms with E-state index in [-0.39, 0.29) is 26.5 Å².